The number of hydrogen-bond donors (Lipinski definition) is 1. The molecule has 1 aliphatic rings. The average Bonchev–Trinajstić information content (AvgIpc) is 2.86. The quantitative estimate of drug-likeness (QED) is 0.504. The van der Waals surface area contributed by atoms with Crippen LogP contribution in [0.3, 0.4) is 0 Å². The summed E-state index contributed by atoms with van der Waals surface area (Å²) in [6.45, 7) is 6.93. The Balaban J connectivity index is 1.58. The van der Waals surface area contributed by atoms with E-state index in [2.05, 4.69) is 41.1 Å². The maximum absolute atomic E-state index is 13.3. The minimum Gasteiger partial charge on any atom is -0.369 e. The van der Waals surface area contributed by atoms with Gasteiger partial charge in [-0.1, -0.05) is 11.6 Å². The number of carbonyl (C=O) groups excluding carboxylic acids is 1. The van der Waals surface area contributed by atoms with Gasteiger partial charge in [-0.2, -0.15) is 0 Å². The lowest BCUT2D eigenvalue weighted by Crippen LogP contribution is -2.42. The number of amides is 1. The highest BCUT2D eigenvalue weighted by Crippen LogP contribution is 2.34. The minimum atomic E-state index is -0.252. The van der Waals surface area contributed by atoms with E-state index >= 15 is 0 Å². The molecule has 1 N–H and O–H groups in total. The number of hydrogen-bond acceptors (Lipinski definition) is 5. The molecule has 0 saturated heterocycles. The monoisotopic (exact) mass is 509 g/mol. The molecule has 192 valence electrons. The highest BCUT2D eigenvalue weighted by molar-refractivity contribution is 6.31. The molecule has 3 aromatic rings. The number of benzene rings is 1. The second-order valence-electron chi connectivity index (χ2n) is 9.93. The fourth-order valence-corrected chi connectivity index (χ4v) is 5.69. The lowest BCUT2D eigenvalue weighted by Gasteiger charge is -2.40. The van der Waals surface area contributed by atoms with E-state index in [9.17, 15) is 9.59 Å². The van der Waals surface area contributed by atoms with Gasteiger partial charge in [0.05, 0.1) is 12.1 Å². The fraction of sp³-hybridized carbons (Fsp3) is 0.464. The summed E-state index contributed by atoms with van der Waals surface area (Å²) in [7, 11) is 4.30. The van der Waals surface area contributed by atoms with Crippen LogP contribution in [0, 0.1) is 13.8 Å². The van der Waals surface area contributed by atoms with Crippen molar-refractivity contribution in [1.29, 1.82) is 0 Å². The van der Waals surface area contributed by atoms with Gasteiger partial charge in [0.2, 0.25) is 0 Å². The van der Waals surface area contributed by atoms with Crippen LogP contribution in [-0.4, -0.2) is 52.9 Å². The number of halogens is 1. The molecule has 1 amide bonds. The van der Waals surface area contributed by atoms with Gasteiger partial charge < -0.3 is 19.5 Å². The zero-order valence-corrected chi connectivity index (χ0v) is 22.6. The Kier molecular flexibility index (Phi) is 8.00. The van der Waals surface area contributed by atoms with Crippen molar-refractivity contribution < 1.29 is 4.79 Å². The van der Waals surface area contributed by atoms with E-state index in [4.69, 9.17) is 11.6 Å². The number of fused-ring (bicyclic) bond motifs is 1. The van der Waals surface area contributed by atoms with E-state index in [1.807, 2.05) is 36.6 Å². The topological polar surface area (TPSA) is 70.0 Å². The number of nitrogens with zero attached hydrogens (tertiary/aromatic N) is 4. The SMILES string of the molecule is CCN(c1cc(Cl)cc(C(=O)NCc2c(=O)cc(C)n3cccnc23)c1C)[C@H]1CC[C@H](N(C)C)CC1. The molecule has 36 heavy (non-hydrogen) atoms. The molecule has 0 unspecified atom stereocenters. The van der Waals surface area contributed by atoms with Crippen molar-refractivity contribution in [2.75, 3.05) is 25.5 Å². The van der Waals surface area contributed by atoms with Crippen molar-refractivity contribution in [3.8, 4) is 0 Å². The van der Waals surface area contributed by atoms with Crippen LogP contribution in [0.1, 0.15) is 59.8 Å². The van der Waals surface area contributed by atoms with E-state index in [1.165, 1.54) is 0 Å². The van der Waals surface area contributed by atoms with Gasteiger partial charge >= 0.3 is 0 Å². The molecule has 2 aromatic heterocycles. The van der Waals surface area contributed by atoms with Gasteiger partial charge in [-0.3, -0.25) is 9.59 Å². The molecule has 1 aliphatic carbocycles. The van der Waals surface area contributed by atoms with Crippen LogP contribution in [0.4, 0.5) is 5.69 Å². The molecule has 1 saturated carbocycles. The smallest absolute Gasteiger partial charge is 0.251 e. The van der Waals surface area contributed by atoms with Crippen LogP contribution in [0.15, 0.2) is 41.5 Å². The number of rotatable bonds is 7. The zero-order chi connectivity index (χ0) is 26.0. The third-order valence-electron chi connectivity index (χ3n) is 7.54. The van der Waals surface area contributed by atoms with Crippen molar-refractivity contribution in [3.63, 3.8) is 0 Å². The van der Waals surface area contributed by atoms with Crippen molar-refractivity contribution in [3.05, 3.63) is 74.3 Å². The van der Waals surface area contributed by atoms with Crippen molar-refractivity contribution >= 4 is 28.8 Å². The number of pyridine rings is 1. The predicted octanol–water partition coefficient (Wildman–Crippen LogP) is 4.59. The molecule has 1 aromatic carbocycles. The third-order valence-corrected chi connectivity index (χ3v) is 7.75. The molecule has 4 rings (SSSR count). The Bertz CT molecular complexity index is 1310. The predicted molar refractivity (Wildman–Crippen MR) is 146 cm³/mol. The van der Waals surface area contributed by atoms with Gasteiger partial charge in [0.25, 0.3) is 5.91 Å². The van der Waals surface area contributed by atoms with Crippen LogP contribution in [0.2, 0.25) is 5.02 Å². The van der Waals surface area contributed by atoms with Crippen LogP contribution < -0.4 is 15.6 Å². The van der Waals surface area contributed by atoms with E-state index in [1.54, 1.807) is 18.3 Å². The minimum absolute atomic E-state index is 0.0891. The number of anilines is 1. The lowest BCUT2D eigenvalue weighted by molar-refractivity contribution is 0.0950. The Morgan fingerprint density at radius 3 is 2.50 bits per heavy atom. The first kappa shape index (κ1) is 26.2. The summed E-state index contributed by atoms with van der Waals surface area (Å²) in [5, 5.41) is 3.47. The first-order valence-corrected chi connectivity index (χ1v) is 13.1. The summed E-state index contributed by atoms with van der Waals surface area (Å²) < 4.78 is 1.86. The average molecular weight is 510 g/mol. The maximum Gasteiger partial charge on any atom is 0.251 e. The molecule has 8 heteroatoms. The van der Waals surface area contributed by atoms with Gasteiger partial charge in [-0.15, -0.1) is 0 Å². The largest absolute Gasteiger partial charge is 0.369 e. The van der Waals surface area contributed by atoms with Gasteiger partial charge in [0.1, 0.15) is 5.65 Å². The highest BCUT2D eigenvalue weighted by Gasteiger charge is 2.28. The van der Waals surface area contributed by atoms with Gasteiger partial charge in [0.15, 0.2) is 5.43 Å². The standard InChI is InChI=1S/C28H36ClN5O2/c1-6-33(22-10-8-21(9-11-22)32(4)5)25-16-20(29)15-23(19(25)3)28(36)31-17-24-26(35)14-18(2)34-13-7-12-30-27(24)34/h7,12-16,21-22H,6,8-11,17H2,1-5H3,(H,31,36)/t21-,22-. The molecule has 0 bridgehead atoms. The first-order chi connectivity index (χ1) is 17.2. The number of aromatic nitrogens is 2. The maximum atomic E-state index is 13.3. The van der Waals surface area contributed by atoms with E-state index in [0.717, 1.165) is 49.2 Å². The molecule has 0 spiro atoms. The number of nitrogens with one attached hydrogen (secondary N) is 1. The molecular weight excluding hydrogens is 474 g/mol. The molecule has 0 atom stereocenters. The highest BCUT2D eigenvalue weighted by atomic mass is 35.5. The number of carbonyl (C=O) groups is 1. The van der Waals surface area contributed by atoms with Crippen LogP contribution >= 0.6 is 11.6 Å². The van der Waals surface area contributed by atoms with Gasteiger partial charge in [-0.25, -0.2) is 4.98 Å². The van der Waals surface area contributed by atoms with Crippen LogP contribution in [0.25, 0.3) is 5.65 Å². The molecular formula is C28H36ClN5O2. The molecule has 2 heterocycles. The normalized spacial score (nSPS) is 18.0. The molecule has 0 radical (unpaired) electrons. The Hall–Kier alpha value is -2.90. The van der Waals surface area contributed by atoms with Gasteiger partial charge in [-0.05, 0) is 84.3 Å². The Morgan fingerprint density at radius 1 is 1.14 bits per heavy atom. The second-order valence-corrected chi connectivity index (χ2v) is 10.4. The van der Waals surface area contributed by atoms with Crippen molar-refractivity contribution in [2.24, 2.45) is 0 Å². The van der Waals surface area contributed by atoms with Crippen LogP contribution in [0.5, 0.6) is 0 Å². The van der Waals surface area contributed by atoms with E-state index in [0.29, 0.717) is 33.9 Å². The first-order valence-electron chi connectivity index (χ1n) is 12.7. The fourth-order valence-electron chi connectivity index (χ4n) is 5.48. The molecule has 1 fully saturated rings. The van der Waals surface area contributed by atoms with Crippen molar-refractivity contribution in [1.82, 2.24) is 19.6 Å². The van der Waals surface area contributed by atoms with E-state index < -0.39 is 0 Å². The van der Waals surface area contributed by atoms with Crippen molar-refractivity contribution in [2.45, 2.75) is 65.1 Å². The van der Waals surface area contributed by atoms with Crippen LogP contribution in [-0.2, 0) is 6.54 Å². The summed E-state index contributed by atoms with van der Waals surface area (Å²) in [6.07, 6.45) is 8.06. The van der Waals surface area contributed by atoms with Gasteiger partial charge in [0, 0.05) is 59.1 Å². The number of aryl methyl sites for hydroxylation is 1. The summed E-state index contributed by atoms with van der Waals surface area (Å²) in [4.78, 5) is 35.1. The lowest BCUT2D eigenvalue weighted by atomic mass is 9.89. The third kappa shape index (κ3) is 5.27. The van der Waals surface area contributed by atoms with E-state index in [-0.39, 0.29) is 17.9 Å². The summed E-state index contributed by atoms with van der Waals surface area (Å²) in [5.74, 6) is -0.252. The Labute approximate surface area is 218 Å². The molecule has 0 aliphatic heterocycles. The molecule has 7 nitrogen and oxygen atoms in total. The summed E-state index contributed by atoms with van der Waals surface area (Å²) in [6, 6.07) is 8.12. The summed E-state index contributed by atoms with van der Waals surface area (Å²) in [5.41, 5.74) is 4.11. The Morgan fingerprint density at radius 2 is 1.83 bits per heavy atom. The second kappa shape index (κ2) is 11.0. The summed E-state index contributed by atoms with van der Waals surface area (Å²) >= 11 is 6.53. The zero-order valence-electron chi connectivity index (χ0n) is 21.8.